The van der Waals surface area contributed by atoms with Crippen molar-refractivity contribution in [3.8, 4) is 17.0 Å². The molecular weight excluding hydrogens is 176 g/mol. The second-order valence-electron chi connectivity index (χ2n) is 2.79. The molecule has 0 aliphatic heterocycles. The maximum absolute atomic E-state index is 5.24. The summed E-state index contributed by atoms with van der Waals surface area (Å²) in [4.78, 5) is 8.04. The zero-order valence-electron chi connectivity index (χ0n) is 7.84. The minimum atomic E-state index is 0.825. The molecule has 0 aliphatic rings. The Bertz CT molecular complexity index is 415. The Balaban J connectivity index is 2.51. The lowest BCUT2D eigenvalue weighted by Gasteiger charge is -2.06. The average molecular weight is 186 g/mol. The summed E-state index contributed by atoms with van der Waals surface area (Å²) in [5.41, 5.74) is 1.86. The molecule has 0 fully saturated rings. The van der Waals surface area contributed by atoms with Gasteiger partial charge in [-0.15, -0.1) is 0 Å². The van der Waals surface area contributed by atoms with Crippen molar-refractivity contribution in [1.82, 2.24) is 9.97 Å². The van der Waals surface area contributed by atoms with Gasteiger partial charge in [-0.1, -0.05) is 12.1 Å². The Morgan fingerprint density at radius 3 is 2.71 bits per heavy atom. The largest absolute Gasteiger partial charge is 0.496 e. The molecule has 0 saturated heterocycles. The first-order valence-corrected chi connectivity index (χ1v) is 4.31. The molecule has 0 spiro atoms. The molecule has 3 heteroatoms. The number of para-hydroxylation sites is 1. The van der Waals surface area contributed by atoms with Gasteiger partial charge in [0.25, 0.3) is 0 Å². The zero-order valence-corrected chi connectivity index (χ0v) is 7.84. The van der Waals surface area contributed by atoms with Crippen LogP contribution < -0.4 is 4.74 Å². The molecule has 14 heavy (non-hydrogen) atoms. The normalized spacial score (nSPS) is 9.79. The molecule has 3 nitrogen and oxygen atoms in total. The summed E-state index contributed by atoms with van der Waals surface area (Å²) in [7, 11) is 1.65. The second-order valence-corrected chi connectivity index (χ2v) is 2.79. The molecule has 0 aliphatic carbocycles. The number of aromatic nitrogens is 2. The van der Waals surface area contributed by atoms with Gasteiger partial charge in [0.1, 0.15) is 12.1 Å². The molecular formula is C11H10N2O. The van der Waals surface area contributed by atoms with E-state index in [9.17, 15) is 0 Å². The molecule has 2 rings (SSSR count). The minimum Gasteiger partial charge on any atom is -0.496 e. The maximum atomic E-state index is 5.24. The van der Waals surface area contributed by atoms with Crippen molar-refractivity contribution in [2.24, 2.45) is 0 Å². The van der Waals surface area contributed by atoms with Crippen LogP contribution in [0.4, 0.5) is 0 Å². The first-order chi connectivity index (χ1) is 6.92. The van der Waals surface area contributed by atoms with Crippen LogP contribution in [0, 0.1) is 0 Å². The quantitative estimate of drug-likeness (QED) is 0.720. The number of methoxy groups -OCH3 is 1. The van der Waals surface area contributed by atoms with Crippen molar-refractivity contribution in [3.05, 3.63) is 42.9 Å². The smallest absolute Gasteiger partial charge is 0.128 e. The molecule has 0 unspecified atom stereocenters. The monoisotopic (exact) mass is 186 g/mol. The lowest BCUT2D eigenvalue weighted by Crippen LogP contribution is -1.89. The highest BCUT2D eigenvalue weighted by Crippen LogP contribution is 2.26. The Labute approximate surface area is 82.4 Å². The van der Waals surface area contributed by atoms with E-state index in [0.717, 1.165) is 17.0 Å². The number of rotatable bonds is 2. The van der Waals surface area contributed by atoms with Crippen LogP contribution in [-0.2, 0) is 0 Å². The molecule has 2 aromatic rings. The van der Waals surface area contributed by atoms with Crippen LogP contribution in [0.2, 0.25) is 0 Å². The van der Waals surface area contributed by atoms with Crippen molar-refractivity contribution in [1.29, 1.82) is 0 Å². The van der Waals surface area contributed by atoms with E-state index in [4.69, 9.17) is 4.74 Å². The van der Waals surface area contributed by atoms with Crippen LogP contribution in [0.25, 0.3) is 11.3 Å². The van der Waals surface area contributed by atoms with Crippen molar-refractivity contribution in [3.63, 3.8) is 0 Å². The van der Waals surface area contributed by atoms with E-state index in [2.05, 4.69) is 9.97 Å². The first kappa shape index (κ1) is 8.69. The molecule has 0 atom stereocenters. The second kappa shape index (κ2) is 3.87. The third-order valence-corrected chi connectivity index (χ3v) is 1.96. The highest BCUT2D eigenvalue weighted by molar-refractivity contribution is 5.66. The van der Waals surface area contributed by atoms with E-state index in [1.54, 1.807) is 13.3 Å². The van der Waals surface area contributed by atoms with Gasteiger partial charge in [0, 0.05) is 11.8 Å². The SMILES string of the molecule is COc1ccccc1-c1ccncn1. The number of benzene rings is 1. The molecule has 0 N–H and O–H groups in total. The molecule has 0 radical (unpaired) electrons. The summed E-state index contributed by atoms with van der Waals surface area (Å²) in [5, 5.41) is 0. The number of ether oxygens (including phenoxy) is 1. The van der Waals surface area contributed by atoms with Crippen LogP contribution in [0.3, 0.4) is 0 Å². The van der Waals surface area contributed by atoms with Gasteiger partial charge in [0.15, 0.2) is 0 Å². The molecule has 0 amide bonds. The van der Waals surface area contributed by atoms with Gasteiger partial charge < -0.3 is 4.74 Å². The third kappa shape index (κ3) is 1.57. The van der Waals surface area contributed by atoms with E-state index in [-0.39, 0.29) is 0 Å². The fourth-order valence-corrected chi connectivity index (χ4v) is 1.31. The maximum Gasteiger partial charge on any atom is 0.128 e. The summed E-state index contributed by atoms with van der Waals surface area (Å²) < 4.78 is 5.24. The molecule has 1 aromatic heterocycles. The Morgan fingerprint density at radius 1 is 1.14 bits per heavy atom. The van der Waals surface area contributed by atoms with Crippen LogP contribution in [0.5, 0.6) is 5.75 Å². The average Bonchev–Trinajstić information content (AvgIpc) is 2.30. The summed E-state index contributed by atoms with van der Waals surface area (Å²) in [5.74, 6) is 0.825. The molecule has 0 bridgehead atoms. The minimum absolute atomic E-state index is 0.825. The highest BCUT2D eigenvalue weighted by Gasteiger charge is 2.04. The van der Waals surface area contributed by atoms with E-state index < -0.39 is 0 Å². The van der Waals surface area contributed by atoms with Gasteiger partial charge >= 0.3 is 0 Å². The first-order valence-electron chi connectivity index (χ1n) is 4.31. The van der Waals surface area contributed by atoms with E-state index in [1.165, 1.54) is 6.33 Å². The lowest BCUT2D eigenvalue weighted by molar-refractivity contribution is 0.416. The Morgan fingerprint density at radius 2 is 2.00 bits per heavy atom. The molecule has 1 heterocycles. The van der Waals surface area contributed by atoms with Crippen molar-refractivity contribution < 1.29 is 4.74 Å². The van der Waals surface area contributed by atoms with Crippen LogP contribution >= 0.6 is 0 Å². The van der Waals surface area contributed by atoms with Crippen LogP contribution in [-0.4, -0.2) is 17.1 Å². The Kier molecular flexibility index (Phi) is 2.40. The summed E-state index contributed by atoms with van der Waals surface area (Å²) in [6.45, 7) is 0. The number of hydrogen-bond donors (Lipinski definition) is 0. The van der Waals surface area contributed by atoms with Crippen LogP contribution in [0.1, 0.15) is 0 Å². The predicted molar refractivity (Wildman–Crippen MR) is 54.0 cm³/mol. The summed E-state index contributed by atoms with van der Waals surface area (Å²) in [6.07, 6.45) is 3.25. The fraction of sp³-hybridized carbons (Fsp3) is 0.0909. The number of hydrogen-bond acceptors (Lipinski definition) is 3. The number of nitrogens with zero attached hydrogens (tertiary/aromatic N) is 2. The van der Waals surface area contributed by atoms with Crippen molar-refractivity contribution in [2.45, 2.75) is 0 Å². The molecule has 1 aromatic carbocycles. The third-order valence-electron chi connectivity index (χ3n) is 1.96. The van der Waals surface area contributed by atoms with Gasteiger partial charge in [0.2, 0.25) is 0 Å². The van der Waals surface area contributed by atoms with Gasteiger partial charge in [-0.3, -0.25) is 0 Å². The van der Waals surface area contributed by atoms with Crippen LogP contribution in [0.15, 0.2) is 42.9 Å². The zero-order chi connectivity index (χ0) is 9.80. The summed E-state index contributed by atoms with van der Waals surface area (Å²) in [6, 6.07) is 9.64. The van der Waals surface area contributed by atoms with Gasteiger partial charge in [-0.25, -0.2) is 9.97 Å². The predicted octanol–water partition coefficient (Wildman–Crippen LogP) is 2.15. The summed E-state index contributed by atoms with van der Waals surface area (Å²) >= 11 is 0. The lowest BCUT2D eigenvalue weighted by atomic mass is 10.1. The fourth-order valence-electron chi connectivity index (χ4n) is 1.31. The van der Waals surface area contributed by atoms with Gasteiger partial charge in [-0.2, -0.15) is 0 Å². The topological polar surface area (TPSA) is 35.0 Å². The van der Waals surface area contributed by atoms with E-state index in [1.807, 2.05) is 30.3 Å². The standard InChI is InChI=1S/C11H10N2O/c1-14-11-5-3-2-4-9(11)10-6-7-12-8-13-10/h2-8H,1H3. The molecule has 70 valence electrons. The molecule has 0 saturated carbocycles. The highest BCUT2D eigenvalue weighted by atomic mass is 16.5. The Hall–Kier alpha value is -1.90. The van der Waals surface area contributed by atoms with E-state index in [0.29, 0.717) is 0 Å². The van der Waals surface area contributed by atoms with Gasteiger partial charge in [0.05, 0.1) is 12.8 Å². The van der Waals surface area contributed by atoms with Crippen molar-refractivity contribution in [2.75, 3.05) is 7.11 Å². The van der Waals surface area contributed by atoms with E-state index >= 15 is 0 Å². The van der Waals surface area contributed by atoms with Gasteiger partial charge in [-0.05, 0) is 18.2 Å². The van der Waals surface area contributed by atoms with Crippen molar-refractivity contribution >= 4 is 0 Å².